The number of nitro groups is 1. The van der Waals surface area contributed by atoms with Crippen molar-refractivity contribution in [1.29, 1.82) is 0 Å². The van der Waals surface area contributed by atoms with Crippen molar-refractivity contribution < 1.29 is 18.8 Å². The summed E-state index contributed by atoms with van der Waals surface area (Å²) in [6.07, 6.45) is 0.490. The fourth-order valence-corrected chi connectivity index (χ4v) is 1.64. The van der Waals surface area contributed by atoms with E-state index < -0.39 is 16.4 Å². The van der Waals surface area contributed by atoms with Crippen molar-refractivity contribution in [3.8, 4) is 11.5 Å². The van der Waals surface area contributed by atoms with E-state index in [1.54, 1.807) is 13.0 Å². The van der Waals surface area contributed by atoms with Crippen LogP contribution in [-0.2, 0) is 0 Å². The number of nitro benzene ring substituents is 1. The van der Waals surface area contributed by atoms with Gasteiger partial charge in [0.25, 0.3) is 0 Å². The third-order valence-corrected chi connectivity index (χ3v) is 2.62. The lowest BCUT2D eigenvalue weighted by Crippen LogP contribution is -1.96. The van der Waals surface area contributed by atoms with Crippen molar-refractivity contribution >= 4 is 12.0 Å². The topological polar surface area (TPSA) is 69.4 Å². The molecule has 0 radical (unpaired) electrons. The number of aldehydes is 1. The maximum Gasteiger partial charge on any atom is 0.312 e. The van der Waals surface area contributed by atoms with E-state index in [4.69, 9.17) is 4.74 Å². The van der Waals surface area contributed by atoms with E-state index >= 15 is 0 Å². The largest absolute Gasteiger partial charge is 0.447 e. The van der Waals surface area contributed by atoms with Gasteiger partial charge in [-0.25, -0.2) is 4.39 Å². The van der Waals surface area contributed by atoms with Gasteiger partial charge in [0, 0.05) is 11.6 Å². The molecule has 0 aromatic heterocycles. The van der Waals surface area contributed by atoms with Crippen LogP contribution in [0.15, 0.2) is 36.4 Å². The molecule has 6 heteroatoms. The smallest absolute Gasteiger partial charge is 0.312 e. The van der Waals surface area contributed by atoms with Gasteiger partial charge in [-0.05, 0) is 36.8 Å². The highest BCUT2D eigenvalue weighted by Crippen LogP contribution is 2.33. The summed E-state index contributed by atoms with van der Waals surface area (Å²) in [5.41, 5.74) is 0.512. The molecule has 20 heavy (non-hydrogen) atoms. The highest BCUT2D eigenvalue weighted by atomic mass is 19.1. The van der Waals surface area contributed by atoms with E-state index in [9.17, 15) is 19.3 Å². The van der Waals surface area contributed by atoms with Crippen LogP contribution >= 0.6 is 0 Å². The minimum absolute atomic E-state index is 0.105. The van der Waals surface area contributed by atoms with Crippen LogP contribution < -0.4 is 4.74 Å². The van der Waals surface area contributed by atoms with Crippen molar-refractivity contribution in [3.05, 3.63) is 63.5 Å². The zero-order chi connectivity index (χ0) is 14.7. The van der Waals surface area contributed by atoms with Gasteiger partial charge in [0.1, 0.15) is 6.29 Å². The first-order chi connectivity index (χ1) is 9.51. The Morgan fingerprint density at radius 3 is 2.60 bits per heavy atom. The summed E-state index contributed by atoms with van der Waals surface area (Å²) in [7, 11) is 0. The second-order valence-electron chi connectivity index (χ2n) is 4.14. The molecule has 0 heterocycles. The molecule has 0 spiro atoms. The molecule has 2 aromatic carbocycles. The normalized spacial score (nSPS) is 10.1. The fraction of sp³-hybridized carbons (Fsp3) is 0.0714. The summed E-state index contributed by atoms with van der Waals surface area (Å²) < 4.78 is 18.8. The predicted octanol–water partition coefficient (Wildman–Crippen LogP) is 3.65. The van der Waals surface area contributed by atoms with E-state index in [1.165, 1.54) is 24.3 Å². The van der Waals surface area contributed by atoms with E-state index in [0.29, 0.717) is 6.29 Å². The Labute approximate surface area is 113 Å². The summed E-state index contributed by atoms with van der Waals surface area (Å²) in [4.78, 5) is 20.9. The summed E-state index contributed by atoms with van der Waals surface area (Å²) >= 11 is 0. The number of hydrogen-bond donors (Lipinski definition) is 0. The number of halogens is 1. The Morgan fingerprint density at radius 1 is 1.20 bits per heavy atom. The molecular weight excluding hydrogens is 265 g/mol. The monoisotopic (exact) mass is 275 g/mol. The Morgan fingerprint density at radius 2 is 1.95 bits per heavy atom. The van der Waals surface area contributed by atoms with Crippen LogP contribution in [0, 0.1) is 22.9 Å². The average Bonchev–Trinajstić information content (AvgIpc) is 2.43. The number of benzene rings is 2. The lowest BCUT2D eigenvalue weighted by molar-refractivity contribution is -0.385. The molecule has 0 aliphatic carbocycles. The van der Waals surface area contributed by atoms with Gasteiger partial charge in [0.2, 0.25) is 5.75 Å². The van der Waals surface area contributed by atoms with Gasteiger partial charge in [-0.15, -0.1) is 0 Å². The summed E-state index contributed by atoms with van der Waals surface area (Å²) in [6, 6.07) is 7.93. The van der Waals surface area contributed by atoms with Crippen molar-refractivity contribution in [2.24, 2.45) is 0 Å². The van der Waals surface area contributed by atoms with Crippen molar-refractivity contribution in [2.45, 2.75) is 6.92 Å². The second kappa shape index (κ2) is 5.48. The molecule has 0 atom stereocenters. The first-order valence-corrected chi connectivity index (χ1v) is 5.69. The Balaban J connectivity index is 2.45. The molecule has 5 nitrogen and oxygen atoms in total. The molecule has 0 fully saturated rings. The first kappa shape index (κ1) is 13.7. The molecule has 0 N–H and O–H groups in total. The van der Waals surface area contributed by atoms with E-state index in [0.717, 1.165) is 11.6 Å². The van der Waals surface area contributed by atoms with Gasteiger partial charge < -0.3 is 4.74 Å². The van der Waals surface area contributed by atoms with Crippen molar-refractivity contribution in [1.82, 2.24) is 0 Å². The Hall–Kier alpha value is -2.76. The number of carbonyl (C=O) groups excluding carboxylic acids is 1. The zero-order valence-electron chi connectivity index (χ0n) is 10.5. The number of ether oxygens (including phenoxy) is 1. The van der Waals surface area contributed by atoms with Crippen LogP contribution in [0.1, 0.15) is 15.9 Å². The minimum Gasteiger partial charge on any atom is -0.447 e. The van der Waals surface area contributed by atoms with Gasteiger partial charge >= 0.3 is 5.69 Å². The highest BCUT2D eigenvalue weighted by Gasteiger charge is 2.18. The predicted molar refractivity (Wildman–Crippen MR) is 69.7 cm³/mol. The number of aryl methyl sites for hydroxylation is 1. The molecule has 2 rings (SSSR count). The molecule has 0 saturated heterocycles. The third-order valence-electron chi connectivity index (χ3n) is 2.62. The summed E-state index contributed by atoms with van der Waals surface area (Å²) in [5.74, 6) is -0.846. The van der Waals surface area contributed by atoms with Gasteiger partial charge in [-0.1, -0.05) is 6.07 Å². The number of nitrogens with zero attached hydrogens (tertiary/aromatic N) is 1. The number of carbonyl (C=O) groups is 1. The average molecular weight is 275 g/mol. The summed E-state index contributed by atoms with van der Waals surface area (Å²) in [5, 5.41) is 10.9. The lowest BCUT2D eigenvalue weighted by Gasteiger charge is -2.08. The zero-order valence-corrected chi connectivity index (χ0v) is 10.5. The number of rotatable bonds is 4. The van der Waals surface area contributed by atoms with Crippen molar-refractivity contribution in [2.75, 3.05) is 0 Å². The first-order valence-electron chi connectivity index (χ1n) is 5.69. The van der Waals surface area contributed by atoms with Gasteiger partial charge in [-0.2, -0.15) is 0 Å². The second-order valence-corrected chi connectivity index (χ2v) is 4.14. The molecule has 0 unspecified atom stereocenters. The van der Waals surface area contributed by atoms with Crippen LogP contribution in [0.25, 0.3) is 0 Å². The van der Waals surface area contributed by atoms with Gasteiger partial charge in [0.05, 0.1) is 4.92 Å². The van der Waals surface area contributed by atoms with Crippen LogP contribution in [-0.4, -0.2) is 11.2 Å². The Bertz CT molecular complexity index is 685. The van der Waals surface area contributed by atoms with Gasteiger partial charge in [-0.3, -0.25) is 14.9 Å². The Kier molecular flexibility index (Phi) is 3.74. The van der Waals surface area contributed by atoms with E-state index in [-0.39, 0.29) is 17.1 Å². The highest BCUT2D eigenvalue weighted by molar-refractivity contribution is 5.77. The van der Waals surface area contributed by atoms with Crippen LogP contribution in [0.5, 0.6) is 11.5 Å². The van der Waals surface area contributed by atoms with E-state index in [2.05, 4.69) is 0 Å². The van der Waals surface area contributed by atoms with Crippen molar-refractivity contribution in [3.63, 3.8) is 0 Å². The quantitative estimate of drug-likeness (QED) is 0.485. The maximum absolute atomic E-state index is 13.6. The van der Waals surface area contributed by atoms with Crippen LogP contribution in [0.4, 0.5) is 10.1 Å². The van der Waals surface area contributed by atoms with Crippen LogP contribution in [0.3, 0.4) is 0 Å². The standard InChI is InChI=1S/C14H10FNO4/c1-9-2-4-11(15)14(6-9)20-13-5-3-10(8-17)7-12(13)16(18)19/h2-8H,1H3. The van der Waals surface area contributed by atoms with Gasteiger partial charge in [0.15, 0.2) is 11.6 Å². The molecule has 0 aliphatic rings. The molecule has 0 bridgehead atoms. The molecular formula is C14H10FNO4. The third kappa shape index (κ3) is 2.80. The van der Waals surface area contributed by atoms with Crippen LogP contribution in [0.2, 0.25) is 0 Å². The summed E-state index contributed by atoms with van der Waals surface area (Å²) in [6.45, 7) is 1.75. The SMILES string of the molecule is Cc1ccc(F)c(Oc2ccc(C=O)cc2[N+](=O)[O-])c1. The van der Waals surface area contributed by atoms with E-state index in [1.807, 2.05) is 0 Å². The molecule has 0 amide bonds. The minimum atomic E-state index is -0.684. The molecule has 102 valence electrons. The molecule has 0 aliphatic heterocycles. The molecule has 2 aromatic rings. The fourth-order valence-electron chi connectivity index (χ4n) is 1.64. The lowest BCUT2D eigenvalue weighted by atomic mass is 10.2. The molecule has 0 saturated carbocycles. The maximum atomic E-state index is 13.6. The number of hydrogen-bond acceptors (Lipinski definition) is 4.